The quantitative estimate of drug-likeness (QED) is 0.371. The lowest BCUT2D eigenvalue weighted by Gasteiger charge is -2.66. The van der Waals surface area contributed by atoms with Crippen LogP contribution in [-0.2, 0) is 37.3 Å². The highest BCUT2D eigenvalue weighted by Crippen LogP contribution is 2.71. The summed E-state index contributed by atoms with van der Waals surface area (Å²) in [6, 6.07) is 4.81. The molecule has 6 aliphatic rings. The number of ketones is 1. The van der Waals surface area contributed by atoms with E-state index in [9.17, 15) is 15.0 Å². The molecule has 3 N–H and O–H groups in total. The molecule has 8 rings (SSSR count). The third-order valence-corrected chi connectivity index (χ3v) is 13.4. The van der Waals surface area contributed by atoms with Gasteiger partial charge in [-0.05, 0) is 126 Å². The standard InChI is InChI=1S/C38H49NO6/c1-32(2)19-25-22-17-27-23(14-20(22)15-26(25)34(5,6)45-32)24-16-21-10-11-37(42)29-18-28(40)31(33(3,4)41)44-38(29,43-9)13-12-35(37,7)36(21,8)30(24)39-27/h14,17-18,21,31,39,41-42H,10-13,15-16,19H2,1-9H3/t21-,31-,35+,36+,37+,38-/m0/s1. The second kappa shape index (κ2) is 8.59. The average molecular weight is 616 g/mol. The van der Waals surface area contributed by atoms with Gasteiger partial charge < -0.3 is 29.4 Å². The van der Waals surface area contributed by atoms with Crippen molar-refractivity contribution in [2.45, 2.75) is 140 Å². The molecular formula is C38H49NO6. The molecule has 2 aliphatic heterocycles. The molecule has 1 aromatic carbocycles. The van der Waals surface area contributed by atoms with Gasteiger partial charge in [0.15, 0.2) is 17.7 Å². The van der Waals surface area contributed by atoms with Crippen LogP contribution in [0.4, 0.5) is 0 Å². The van der Waals surface area contributed by atoms with Crippen molar-refractivity contribution in [2.24, 2.45) is 11.3 Å². The second-order valence-electron chi connectivity index (χ2n) is 17.1. The Morgan fingerprint density at radius 2 is 1.80 bits per heavy atom. The van der Waals surface area contributed by atoms with Crippen LogP contribution < -0.4 is 0 Å². The maximum absolute atomic E-state index is 13.4. The molecule has 2 saturated carbocycles. The van der Waals surface area contributed by atoms with Crippen LogP contribution in [0.5, 0.6) is 0 Å². The fourth-order valence-corrected chi connectivity index (χ4v) is 11.1. The van der Waals surface area contributed by atoms with Crippen molar-refractivity contribution >= 4 is 22.3 Å². The summed E-state index contributed by atoms with van der Waals surface area (Å²) in [5, 5.41) is 25.0. The highest BCUT2D eigenvalue weighted by molar-refractivity contribution is 5.97. The van der Waals surface area contributed by atoms with Gasteiger partial charge in [0.2, 0.25) is 0 Å². The molecule has 0 spiro atoms. The minimum Gasteiger partial charge on any atom is -0.387 e. The van der Waals surface area contributed by atoms with Gasteiger partial charge in [-0.15, -0.1) is 0 Å². The number of nitrogens with one attached hydrogen (secondary N) is 1. The van der Waals surface area contributed by atoms with Crippen LogP contribution in [0.1, 0.15) is 110 Å². The van der Waals surface area contributed by atoms with Gasteiger partial charge in [0.1, 0.15) is 0 Å². The molecule has 0 bridgehead atoms. The Morgan fingerprint density at radius 3 is 2.49 bits per heavy atom. The molecule has 3 heterocycles. The number of ether oxygens (including phenoxy) is 3. The highest BCUT2D eigenvalue weighted by atomic mass is 16.7. The van der Waals surface area contributed by atoms with E-state index < -0.39 is 28.5 Å². The Kier molecular flexibility index (Phi) is 5.74. The summed E-state index contributed by atoms with van der Waals surface area (Å²) in [5.41, 5.74) is 5.73. The lowest BCUT2D eigenvalue weighted by molar-refractivity contribution is -0.295. The Bertz CT molecular complexity index is 1750. The smallest absolute Gasteiger partial charge is 0.194 e. The fraction of sp³-hybridized carbons (Fsp3) is 0.658. The summed E-state index contributed by atoms with van der Waals surface area (Å²) in [5.74, 6) is -1.22. The van der Waals surface area contributed by atoms with Crippen molar-refractivity contribution in [1.29, 1.82) is 0 Å². The van der Waals surface area contributed by atoms with E-state index in [0.29, 0.717) is 30.8 Å². The van der Waals surface area contributed by atoms with Gasteiger partial charge in [-0.1, -0.05) is 13.8 Å². The van der Waals surface area contributed by atoms with E-state index in [1.54, 1.807) is 27.0 Å². The molecule has 6 atom stereocenters. The molecule has 0 amide bonds. The first-order valence-electron chi connectivity index (χ1n) is 16.9. The molecule has 1 aromatic heterocycles. The lowest BCUT2D eigenvalue weighted by Crippen LogP contribution is -2.71. The summed E-state index contributed by atoms with van der Waals surface area (Å²) in [6.45, 7) is 16.5. The molecule has 2 aromatic rings. The number of fused-ring (bicyclic) bond motifs is 11. The summed E-state index contributed by atoms with van der Waals surface area (Å²) in [4.78, 5) is 17.4. The number of H-pyrrole nitrogens is 1. The summed E-state index contributed by atoms with van der Waals surface area (Å²) < 4.78 is 19.0. The average Bonchev–Trinajstić information content (AvgIpc) is 3.57. The van der Waals surface area contributed by atoms with Crippen LogP contribution in [0.2, 0.25) is 0 Å². The zero-order valence-electron chi connectivity index (χ0n) is 28.4. The molecule has 4 aliphatic carbocycles. The van der Waals surface area contributed by atoms with Gasteiger partial charge in [0.05, 0.1) is 22.4 Å². The number of benzene rings is 1. The normalized spacial score (nSPS) is 39.5. The van der Waals surface area contributed by atoms with Crippen LogP contribution in [0.15, 0.2) is 29.4 Å². The minimum absolute atomic E-state index is 0.220. The minimum atomic E-state index is -1.38. The zero-order chi connectivity index (χ0) is 32.3. The number of hydrogen-bond donors (Lipinski definition) is 3. The summed E-state index contributed by atoms with van der Waals surface area (Å²) >= 11 is 0. The topological polar surface area (TPSA) is 101 Å². The summed E-state index contributed by atoms with van der Waals surface area (Å²) in [6.07, 6.45) is 5.79. The predicted octanol–water partition coefficient (Wildman–Crippen LogP) is 6.22. The lowest BCUT2D eigenvalue weighted by atomic mass is 9.42. The molecule has 0 saturated heterocycles. The Labute approximate surface area is 266 Å². The molecule has 7 nitrogen and oxygen atoms in total. The number of carbonyl (C=O) groups excluding carboxylic acids is 1. The van der Waals surface area contributed by atoms with Crippen LogP contribution >= 0.6 is 0 Å². The summed E-state index contributed by atoms with van der Waals surface area (Å²) in [7, 11) is 1.58. The molecule has 2 fully saturated rings. The van der Waals surface area contributed by atoms with Crippen LogP contribution in [0, 0.1) is 11.3 Å². The van der Waals surface area contributed by atoms with Crippen LogP contribution in [0.3, 0.4) is 0 Å². The maximum atomic E-state index is 13.4. The van der Waals surface area contributed by atoms with Gasteiger partial charge in [0.25, 0.3) is 0 Å². The van der Waals surface area contributed by atoms with Crippen molar-refractivity contribution in [3.05, 3.63) is 51.7 Å². The maximum Gasteiger partial charge on any atom is 0.194 e. The largest absolute Gasteiger partial charge is 0.387 e. The number of aliphatic hydroxyl groups is 2. The van der Waals surface area contributed by atoms with Crippen molar-refractivity contribution < 1.29 is 29.2 Å². The number of hydrogen-bond acceptors (Lipinski definition) is 6. The van der Waals surface area contributed by atoms with Crippen molar-refractivity contribution in [3.63, 3.8) is 0 Å². The van der Waals surface area contributed by atoms with Gasteiger partial charge in [-0.3, -0.25) is 4.79 Å². The van der Waals surface area contributed by atoms with Crippen LogP contribution in [0.25, 0.3) is 16.5 Å². The van der Waals surface area contributed by atoms with Gasteiger partial charge >= 0.3 is 0 Å². The predicted molar refractivity (Wildman–Crippen MR) is 173 cm³/mol. The van der Waals surface area contributed by atoms with E-state index in [1.165, 1.54) is 38.9 Å². The zero-order valence-corrected chi connectivity index (χ0v) is 28.4. The van der Waals surface area contributed by atoms with Crippen molar-refractivity contribution in [2.75, 3.05) is 7.11 Å². The van der Waals surface area contributed by atoms with Crippen molar-refractivity contribution in [3.8, 4) is 0 Å². The first-order chi connectivity index (χ1) is 20.8. The third kappa shape index (κ3) is 3.57. The van der Waals surface area contributed by atoms with Gasteiger partial charge in [-0.25, -0.2) is 0 Å². The SMILES string of the molecule is CO[C@]12CC[C@@]3(C)[C@@](O)(CC[C@H]4Cc5c([nH]c6cc7c(cc56)CC5=C7CC(C)(C)OC5(C)C)[C@@]43C)C1=CC(=O)[C@@H](C(C)(C)O)O2. The molecular weight excluding hydrogens is 566 g/mol. The number of methoxy groups -OCH3 is 1. The first kappa shape index (κ1) is 30.1. The van der Waals surface area contributed by atoms with Crippen molar-refractivity contribution in [1.82, 2.24) is 4.98 Å². The number of carbonyl (C=O) groups is 1. The Hall–Kier alpha value is -2.29. The number of aromatic nitrogens is 1. The second-order valence-corrected chi connectivity index (χ2v) is 17.1. The van der Waals surface area contributed by atoms with E-state index in [2.05, 4.69) is 58.7 Å². The monoisotopic (exact) mass is 615 g/mol. The van der Waals surface area contributed by atoms with E-state index in [-0.39, 0.29) is 22.4 Å². The molecule has 0 radical (unpaired) electrons. The Morgan fingerprint density at radius 1 is 1.07 bits per heavy atom. The van der Waals surface area contributed by atoms with E-state index in [1.807, 2.05) is 0 Å². The molecule has 0 unspecified atom stereocenters. The van der Waals surface area contributed by atoms with E-state index in [4.69, 9.17) is 14.2 Å². The molecule has 45 heavy (non-hydrogen) atoms. The van der Waals surface area contributed by atoms with E-state index >= 15 is 0 Å². The molecule has 242 valence electrons. The molecule has 7 heteroatoms. The fourth-order valence-electron chi connectivity index (χ4n) is 11.1. The third-order valence-electron chi connectivity index (χ3n) is 13.4. The highest BCUT2D eigenvalue weighted by Gasteiger charge is 2.73. The van der Waals surface area contributed by atoms with Crippen LogP contribution in [-0.4, -0.2) is 62.4 Å². The van der Waals surface area contributed by atoms with Gasteiger partial charge in [0, 0.05) is 53.0 Å². The number of rotatable bonds is 2. The first-order valence-corrected chi connectivity index (χ1v) is 16.9. The number of aromatic amines is 1. The Balaban J connectivity index is 1.25. The van der Waals surface area contributed by atoms with Gasteiger partial charge in [-0.2, -0.15) is 0 Å². The van der Waals surface area contributed by atoms with E-state index in [0.717, 1.165) is 31.2 Å².